The number of carbonyl (C=O) groups excluding carboxylic acids is 1. The fourth-order valence-corrected chi connectivity index (χ4v) is 25.2. The predicted molar refractivity (Wildman–Crippen MR) is 570 cm³/mol. The summed E-state index contributed by atoms with van der Waals surface area (Å²) in [6.07, 6.45) is 24.4. The van der Waals surface area contributed by atoms with Gasteiger partial charge in [0.1, 0.15) is 51.9 Å². The molecule has 12 heterocycles. The summed E-state index contributed by atoms with van der Waals surface area (Å²) in [7, 11) is 1.71. The number of carboxylic acid groups (broad SMARTS) is 1. The molecule has 30 nitrogen and oxygen atoms in total. The number of aliphatic hydroxyl groups excluding tert-OH is 1. The topological polar surface area (TPSA) is 369 Å². The summed E-state index contributed by atoms with van der Waals surface area (Å²) >= 11 is 43.5. The number of fused-ring (bicyclic) bond motifs is 4. The monoisotopic (exact) mass is 2170 g/mol. The van der Waals surface area contributed by atoms with E-state index in [1.54, 1.807) is 108 Å². The Kier molecular flexibility index (Phi) is 34.2. The number of benzene rings is 4. The number of anilines is 1. The number of aromatic nitrogens is 16. The van der Waals surface area contributed by atoms with E-state index in [0.29, 0.717) is 152 Å². The van der Waals surface area contributed by atoms with Crippen molar-refractivity contribution in [2.45, 2.75) is 256 Å². The molecule has 0 radical (unpaired) electrons. The number of carbonyl (C=O) groups is 2. The van der Waals surface area contributed by atoms with Gasteiger partial charge in [0.2, 0.25) is 5.91 Å². The van der Waals surface area contributed by atoms with Crippen LogP contribution in [0.4, 0.5) is 23.4 Å². The van der Waals surface area contributed by atoms with E-state index in [0.717, 1.165) is 188 Å². The second-order valence-corrected chi connectivity index (χ2v) is 43.8. The molecule has 4 aliphatic carbocycles. The molecule has 12 aromatic rings. The van der Waals surface area contributed by atoms with E-state index in [9.17, 15) is 53.1 Å². The summed E-state index contributed by atoms with van der Waals surface area (Å²) in [5.74, 6) is 1.03. The maximum absolute atomic E-state index is 14.7. The van der Waals surface area contributed by atoms with Crippen LogP contribution >= 0.6 is 81.2 Å². The number of amides is 1. The molecular weight excluding hydrogens is 2050 g/mol. The molecule has 4 aliphatic heterocycles. The SMILES string of the molecule is CC1CC(c2cnc3c(C(F)(F)F)nn(C(C)c4ccc(Cl)cc4Cl)c3n2)=CCC1N1CCCC1CO.CC1CN(c2cnc3c(C#N)nn(C(C)c4ccc(Cl)cc4F)c3n2)CCC1N1CCCC1CCC(=O)O.CCN(CC1(O)CCC1)C1CC=C(c2cnc3c(C#N)nn(C(C)c4ccc(Cl)cc4Cl)c3n2)CC1C.CNC(=O)C1CCCN1C1CC=C(c2cnc3c(C#N)nn(C(C)c4ccc(Cl)cc4Cl)c3n2)CC1C. The molecule has 15 atom stereocenters. The van der Waals surface area contributed by atoms with Gasteiger partial charge < -0.3 is 25.5 Å². The molecule has 4 saturated heterocycles. The van der Waals surface area contributed by atoms with Gasteiger partial charge in [-0.1, -0.05) is 158 Å². The van der Waals surface area contributed by atoms with Crippen LogP contribution in [0.3, 0.4) is 0 Å². The van der Waals surface area contributed by atoms with Gasteiger partial charge in [-0.15, -0.1) is 0 Å². The highest BCUT2D eigenvalue weighted by Gasteiger charge is 2.45. The molecule has 5 fully saturated rings. The van der Waals surface area contributed by atoms with Crippen molar-refractivity contribution in [3.05, 3.63) is 219 Å². The maximum Gasteiger partial charge on any atom is 0.437 e. The van der Waals surface area contributed by atoms with E-state index in [1.807, 2.05) is 26.0 Å². The lowest BCUT2D eigenvalue weighted by atomic mass is 9.78. The molecular formula is C108H120Cl7F4N25O5. The van der Waals surface area contributed by atoms with Crippen molar-refractivity contribution in [3.63, 3.8) is 0 Å². The number of nitrogens with zero attached hydrogens (tertiary/aromatic N) is 24. The molecule has 20 rings (SSSR count). The number of alkyl halides is 3. The molecule has 0 spiro atoms. The van der Waals surface area contributed by atoms with Crippen LogP contribution in [-0.4, -0.2) is 233 Å². The summed E-state index contributed by atoms with van der Waals surface area (Å²) in [5, 5.41) is 82.1. The standard InChI is InChI=1S/C28H32Cl2N6O.C27H29Cl2N7O.C27H31ClFN7O2.C26H28Cl2F3N5O/c1-4-35(16-28(37)10-5-11-28)25-9-6-19(12-17(25)2)24-15-32-26-23(14-31)34-36(27(26)33-24)18(3)21-8-7-20(29)13-22(21)30;1-15-11-17(6-9-23(15)35-10-4-5-24(35)27(37)31-3)22-14-32-25-21(13-30)34-36(26(25)33-22)16(2)19-8-7-18(28)12-20(19)29;1-16-15-34(11-9-23(16)35-10-3-4-19(35)6-8-25(37)38)24-14-31-26-22(13-30)33-36(27(26)32-24)17(2)20-7-5-18(28)12-21(20)29;1-14-10-16(5-8-22(14)35-9-3-4-18(35)13-37)21-12-32-23-24(26(29,30)31)34-36(25(23)33-21)15(2)19-7-6-17(27)11-20(19)28/h6-8,13,15,17-18,25,37H,4-5,9-12,16H2,1-3H3;6-8,12,14-16,23-24H,4-5,9-11H2,1-3H3,(H,31,37);5,7,12,14,16-17,19,23H,3-4,6,8-11,15H2,1-2H3,(H,37,38);5-7,11-12,14-15,18,22,37H,3-4,8-10,13H2,1-2H3. The van der Waals surface area contributed by atoms with Crippen molar-refractivity contribution < 1.29 is 42.5 Å². The third-order valence-electron chi connectivity index (χ3n) is 31.4. The summed E-state index contributed by atoms with van der Waals surface area (Å²) in [6.45, 7) is 24.9. The summed E-state index contributed by atoms with van der Waals surface area (Å²) in [6, 6.07) is 26.6. The first kappa shape index (κ1) is 109. The molecule has 1 saturated carbocycles. The van der Waals surface area contributed by atoms with E-state index < -0.39 is 41.3 Å². The lowest BCUT2D eigenvalue weighted by Gasteiger charge is -2.45. The molecule has 8 aliphatic rings. The smallest absolute Gasteiger partial charge is 0.437 e. The minimum Gasteiger partial charge on any atom is -0.481 e. The minimum absolute atomic E-state index is 0.0523. The summed E-state index contributed by atoms with van der Waals surface area (Å²) < 4.78 is 62.6. The highest BCUT2D eigenvalue weighted by Crippen LogP contribution is 2.46. The highest BCUT2D eigenvalue weighted by atomic mass is 35.5. The fourth-order valence-electron chi connectivity index (χ4n) is 23.3. The summed E-state index contributed by atoms with van der Waals surface area (Å²) in [4.78, 5) is 72.9. The lowest BCUT2D eigenvalue weighted by Crippen LogP contribution is -2.52. The Hall–Kier alpha value is -11.0. The number of halogens is 11. The molecule has 41 heteroatoms. The molecule has 4 N–H and O–H groups in total. The average Bonchev–Trinajstić information content (AvgIpc) is 1.60. The second-order valence-electron chi connectivity index (χ2n) is 40.8. The first-order valence-corrected chi connectivity index (χ1v) is 53.7. The van der Waals surface area contributed by atoms with Crippen LogP contribution in [0.1, 0.15) is 264 Å². The quantitative estimate of drug-likeness (QED) is 0.0408. The zero-order valence-corrected chi connectivity index (χ0v) is 89.9. The Morgan fingerprint density at radius 3 is 1.38 bits per heavy atom. The van der Waals surface area contributed by atoms with Gasteiger partial charge in [0.15, 0.2) is 45.4 Å². The number of nitrogens with one attached hydrogen (secondary N) is 1. The van der Waals surface area contributed by atoms with Crippen LogP contribution in [-0.2, 0) is 15.8 Å². The highest BCUT2D eigenvalue weighted by molar-refractivity contribution is 6.36. The number of aliphatic hydroxyl groups is 2. The largest absolute Gasteiger partial charge is 0.481 e. The zero-order chi connectivity index (χ0) is 106. The van der Waals surface area contributed by atoms with E-state index in [2.05, 4.69) is 146 Å². The normalized spacial score (nSPS) is 23.0. The van der Waals surface area contributed by atoms with Gasteiger partial charge in [0.25, 0.3) is 0 Å². The maximum atomic E-state index is 14.7. The van der Waals surface area contributed by atoms with Gasteiger partial charge in [0, 0.05) is 110 Å². The molecule has 0 bridgehead atoms. The van der Waals surface area contributed by atoms with Crippen molar-refractivity contribution in [2.75, 3.05) is 64.4 Å². The number of hydrogen-bond acceptors (Lipinski definition) is 24. The number of piperidine rings is 1. The van der Waals surface area contributed by atoms with E-state index in [4.69, 9.17) is 101 Å². The molecule has 784 valence electrons. The number of hydrogen-bond donors (Lipinski definition) is 4. The van der Waals surface area contributed by atoms with Gasteiger partial charge in [-0.05, 0) is 269 Å². The van der Waals surface area contributed by atoms with Gasteiger partial charge >= 0.3 is 12.1 Å². The van der Waals surface area contributed by atoms with Crippen LogP contribution in [0.2, 0.25) is 35.2 Å². The number of likely N-dealkylation sites (tertiary alicyclic amines) is 3. The Morgan fingerprint density at radius 1 is 0.523 bits per heavy atom. The first-order valence-electron chi connectivity index (χ1n) is 51.1. The number of rotatable bonds is 24. The molecule has 1 amide bonds. The van der Waals surface area contributed by atoms with Crippen molar-refractivity contribution in [1.29, 1.82) is 15.8 Å². The third kappa shape index (κ3) is 23.4. The van der Waals surface area contributed by atoms with Crippen molar-refractivity contribution >= 4 is 160 Å². The van der Waals surface area contributed by atoms with Gasteiger partial charge in [-0.25, -0.2) is 63.0 Å². The van der Waals surface area contributed by atoms with Crippen molar-refractivity contribution in [2.24, 2.45) is 23.7 Å². The lowest BCUT2D eigenvalue weighted by molar-refractivity contribution is -0.140. The molecule has 8 aromatic heterocycles. The Bertz CT molecular complexity index is 7230. The molecule has 4 aromatic carbocycles. The van der Waals surface area contributed by atoms with Crippen LogP contribution in [0.5, 0.6) is 0 Å². The van der Waals surface area contributed by atoms with Crippen LogP contribution in [0.15, 0.2) is 116 Å². The van der Waals surface area contributed by atoms with Crippen LogP contribution < -0.4 is 10.2 Å². The van der Waals surface area contributed by atoms with Crippen molar-refractivity contribution in [1.82, 2.24) is 104 Å². The van der Waals surface area contributed by atoms with Crippen molar-refractivity contribution in [3.8, 4) is 18.2 Å². The van der Waals surface area contributed by atoms with E-state index in [1.165, 1.54) is 16.9 Å². The Morgan fingerprint density at radius 2 is 0.946 bits per heavy atom. The van der Waals surface area contributed by atoms with E-state index >= 15 is 0 Å². The van der Waals surface area contributed by atoms with E-state index in [-0.39, 0.29) is 71.3 Å². The second kappa shape index (κ2) is 46.7. The molecule has 149 heavy (non-hydrogen) atoms. The Balaban J connectivity index is 0.000000135. The number of aliphatic carboxylic acids is 1. The number of nitriles is 3. The van der Waals surface area contributed by atoms with Gasteiger partial charge in [0.05, 0.1) is 84.3 Å². The number of likely N-dealkylation sites (N-methyl/N-ethyl adjacent to an activating group) is 2. The number of carboxylic acids is 1. The average molecular weight is 2170 g/mol. The van der Waals surface area contributed by atoms with Crippen LogP contribution in [0, 0.1) is 63.5 Å². The molecule has 15 unspecified atom stereocenters. The minimum atomic E-state index is -4.69. The summed E-state index contributed by atoms with van der Waals surface area (Å²) in [5.41, 5.74) is 9.67. The van der Waals surface area contributed by atoms with Gasteiger partial charge in [-0.3, -0.25) is 29.2 Å². The zero-order valence-electron chi connectivity index (χ0n) is 84.6. The Labute approximate surface area is 897 Å². The predicted octanol–water partition coefficient (Wildman–Crippen LogP) is 22.1. The first-order chi connectivity index (χ1) is 71.4. The fraction of sp³-hybridized carbons (Fsp3) is 0.491. The van der Waals surface area contributed by atoms with Crippen LogP contribution in [0.25, 0.3) is 61.4 Å². The third-order valence-corrected chi connectivity index (χ3v) is 33.3. The van der Waals surface area contributed by atoms with Gasteiger partial charge in [-0.2, -0.15) is 49.4 Å². The number of allylic oxidation sites excluding steroid dienone is 3.